The van der Waals surface area contributed by atoms with Crippen molar-refractivity contribution in [1.82, 2.24) is 0 Å². The summed E-state index contributed by atoms with van der Waals surface area (Å²) < 4.78 is 10.7. The molecule has 0 amide bonds. The maximum absolute atomic E-state index is 10.8. The molecule has 1 atom stereocenters. The summed E-state index contributed by atoms with van der Waals surface area (Å²) in [6, 6.07) is 0.969. The van der Waals surface area contributed by atoms with Crippen LogP contribution in [0.4, 0.5) is 0 Å². The molecule has 1 heterocycles. The van der Waals surface area contributed by atoms with E-state index in [0.717, 1.165) is 16.7 Å². The largest absolute Gasteiger partial charge is 0.480 e. The van der Waals surface area contributed by atoms with E-state index >= 15 is 0 Å². The summed E-state index contributed by atoms with van der Waals surface area (Å²) in [7, 11) is 0. The molecular formula is C12H15NO4. The Morgan fingerprint density at radius 2 is 2.24 bits per heavy atom. The van der Waals surface area contributed by atoms with Gasteiger partial charge in [0.15, 0.2) is 11.5 Å². The van der Waals surface area contributed by atoms with Gasteiger partial charge < -0.3 is 20.3 Å². The van der Waals surface area contributed by atoms with Crippen LogP contribution in [0.2, 0.25) is 0 Å². The van der Waals surface area contributed by atoms with Crippen molar-refractivity contribution in [3.63, 3.8) is 0 Å². The second-order valence-corrected chi connectivity index (χ2v) is 4.18. The number of fused-ring (bicyclic) bond motifs is 1. The number of carboxylic acids is 1. The quantitative estimate of drug-likeness (QED) is 0.819. The molecule has 0 saturated heterocycles. The van der Waals surface area contributed by atoms with Gasteiger partial charge in [-0.25, -0.2) is 0 Å². The summed E-state index contributed by atoms with van der Waals surface area (Å²) in [5.74, 6) is 0.282. The summed E-state index contributed by atoms with van der Waals surface area (Å²) in [6.45, 7) is 4.06. The van der Waals surface area contributed by atoms with Crippen molar-refractivity contribution < 1.29 is 19.4 Å². The Hall–Kier alpha value is -1.75. The maximum Gasteiger partial charge on any atom is 0.320 e. The number of hydrogen-bond donors (Lipinski definition) is 2. The van der Waals surface area contributed by atoms with Crippen molar-refractivity contribution in [2.24, 2.45) is 5.73 Å². The summed E-state index contributed by atoms with van der Waals surface area (Å²) in [6.07, 6.45) is 0.245. The fraction of sp³-hybridized carbons (Fsp3) is 0.417. The molecule has 0 spiro atoms. The Morgan fingerprint density at radius 1 is 1.53 bits per heavy atom. The fourth-order valence-corrected chi connectivity index (χ4v) is 1.90. The van der Waals surface area contributed by atoms with Crippen LogP contribution in [-0.2, 0) is 11.2 Å². The number of hydrogen-bond acceptors (Lipinski definition) is 4. The van der Waals surface area contributed by atoms with Crippen molar-refractivity contribution in [3.8, 4) is 11.5 Å². The number of ether oxygens (including phenoxy) is 2. The zero-order chi connectivity index (χ0) is 12.6. The first-order valence-corrected chi connectivity index (χ1v) is 5.37. The van der Waals surface area contributed by atoms with Gasteiger partial charge in [0.25, 0.3) is 0 Å². The monoisotopic (exact) mass is 237 g/mol. The first kappa shape index (κ1) is 11.7. The molecule has 2 rings (SSSR count). The Kier molecular flexibility index (Phi) is 2.93. The predicted molar refractivity (Wildman–Crippen MR) is 61.4 cm³/mol. The summed E-state index contributed by atoms with van der Waals surface area (Å²) >= 11 is 0. The van der Waals surface area contributed by atoms with E-state index in [1.165, 1.54) is 0 Å². The SMILES string of the molecule is Cc1cc2c(c(CC(N)C(=O)O)c1C)OCO2. The van der Waals surface area contributed by atoms with Crippen molar-refractivity contribution >= 4 is 5.97 Å². The van der Waals surface area contributed by atoms with Crippen LogP contribution < -0.4 is 15.2 Å². The van der Waals surface area contributed by atoms with Crippen molar-refractivity contribution in [2.45, 2.75) is 26.3 Å². The standard InChI is InChI=1S/C12H15NO4/c1-6-3-10-11(17-5-16-10)8(7(6)2)4-9(13)12(14)15/h3,9H,4-5,13H2,1-2H3,(H,14,15). The Labute approximate surface area is 99.1 Å². The number of aryl methyl sites for hydroxylation is 1. The van der Waals surface area contributed by atoms with E-state index in [1.54, 1.807) is 0 Å². The van der Waals surface area contributed by atoms with Crippen LogP contribution in [0.5, 0.6) is 11.5 Å². The number of nitrogens with two attached hydrogens (primary N) is 1. The molecule has 5 nitrogen and oxygen atoms in total. The van der Waals surface area contributed by atoms with E-state index in [0.29, 0.717) is 11.5 Å². The summed E-state index contributed by atoms with van der Waals surface area (Å²) in [5, 5.41) is 8.85. The number of benzene rings is 1. The van der Waals surface area contributed by atoms with Gasteiger partial charge in [-0.15, -0.1) is 0 Å². The van der Waals surface area contributed by atoms with Crippen LogP contribution in [-0.4, -0.2) is 23.9 Å². The van der Waals surface area contributed by atoms with Gasteiger partial charge in [0.05, 0.1) is 0 Å². The molecule has 5 heteroatoms. The van der Waals surface area contributed by atoms with Crippen molar-refractivity contribution in [2.75, 3.05) is 6.79 Å². The molecule has 0 aromatic heterocycles. The Morgan fingerprint density at radius 3 is 2.88 bits per heavy atom. The molecule has 1 aliphatic rings. The Balaban J connectivity index is 2.42. The van der Waals surface area contributed by atoms with E-state index in [1.807, 2.05) is 19.9 Å². The van der Waals surface area contributed by atoms with E-state index in [-0.39, 0.29) is 13.2 Å². The normalized spacial score (nSPS) is 14.8. The van der Waals surface area contributed by atoms with Gasteiger partial charge in [0.2, 0.25) is 6.79 Å². The first-order chi connectivity index (χ1) is 8.00. The molecule has 92 valence electrons. The average Bonchev–Trinajstić information content (AvgIpc) is 2.71. The zero-order valence-electron chi connectivity index (χ0n) is 9.82. The van der Waals surface area contributed by atoms with Gasteiger partial charge in [-0.2, -0.15) is 0 Å². The Bertz CT molecular complexity index is 470. The lowest BCUT2D eigenvalue weighted by Crippen LogP contribution is -2.32. The van der Waals surface area contributed by atoms with Crippen molar-refractivity contribution in [1.29, 1.82) is 0 Å². The second-order valence-electron chi connectivity index (χ2n) is 4.18. The molecule has 1 aromatic rings. The van der Waals surface area contributed by atoms with Crippen LogP contribution in [0.1, 0.15) is 16.7 Å². The molecule has 3 N–H and O–H groups in total. The van der Waals surface area contributed by atoms with Crippen LogP contribution >= 0.6 is 0 Å². The predicted octanol–water partition coefficient (Wildman–Crippen LogP) is 0.987. The molecule has 0 aliphatic carbocycles. The summed E-state index contributed by atoms with van der Waals surface area (Å²) in [5.41, 5.74) is 8.44. The minimum atomic E-state index is -1.02. The third kappa shape index (κ3) is 2.06. The second kappa shape index (κ2) is 4.25. The molecule has 1 aliphatic heterocycles. The zero-order valence-corrected chi connectivity index (χ0v) is 9.82. The molecular weight excluding hydrogens is 222 g/mol. The van der Waals surface area contributed by atoms with Gasteiger partial charge in [0, 0.05) is 12.0 Å². The van der Waals surface area contributed by atoms with Gasteiger partial charge >= 0.3 is 5.97 Å². The minimum absolute atomic E-state index is 0.174. The van der Waals surface area contributed by atoms with Gasteiger partial charge in [-0.3, -0.25) is 4.79 Å². The molecule has 0 fully saturated rings. The fourth-order valence-electron chi connectivity index (χ4n) is 1.90. The number of carbonyl (C=O) groups is 1. The van der Waals surface area contributed by atoms with Crippen LogP contribution in [0.3, 0.4) is 0 Å². The van der Waals surface area contributed by atoms with Gasteiger partial charge in [-0.05, 0) is 31.0 Å². The number of carboxylic acid groups (broad SMARTS) is 1. The highest BCUT2D eigenvalue weighted by atomic mass is 16.7. The highest BCUT2D eigenvalue weighted by Crippen LogP contribution is 2.39. The maximum atomic E-state index is 10.8. The third-order valence-corrected chi connectivity index (χ3v) is 3.05. The molecule has 0 saturated carbocycles. The lowest BCUT2D eigenvalue weighted by atomic mass is 9.96. The van der Waals surface area contributed by atoms with Crippen LogP contribution in [0.15, 0.2) is 6.07 Å². The first-order valence-electron chi connectivity index (χ1n) is 5.37. The average molecular weight is 237 g/mol. The summed E-state index contributed by atoms with van der Waals surface area (Å²) in [4.78, 5) is 10.8. The third-order valence-electron chi connectivity index (χ3n) is 3.05. The van der Waals surface area contributed by atoms with Crippen LogP contribution in [0, 0.1) is 13.8 Å². The number of rotatable bonds is 3. The minimum Gasteiger partial charge on any atom is -0.480 e. The van der Waals surface area contributed by atoms with Crippen LogP contribution in [0.25, 0.3) is 0 Å². The lowest BCUT2D eigenvalue weighted by Gasteiger charge is -2.14. The van der Waals surface area contributed by atoms with Gasteiger partial charge in [0.1, 0.15) is 6.04 Å². The van der Waals surface area contributed by atoms with E-state index in [9.17, 15) is 4.79 Å². The number of aliphatic carboxylic acids is 1. The highest BCUT2D eigenvalue weighted by molar-refractivity contribution is 5.74. The topological polar surface area (TPSA) is 81.8 Å². The van der Waals surface area contributed by atoms with Crippen molar-refractivity contribution in [3.05, 3.63) is 22.8 Å². The molecule has 17 heavy (non-hydrogen) atoms. The molecule has 1 aromatic carbocycles. The highest BCUT2D eigenvalue weighted by Gasteiger charge is 2.24. The van der Waals surface area contributed by atoms with E-state index < -0.39 is 12.0 Å². The molecule has 0 radical (unpaired) electrons. The van der Waals surface area contributed by atoms with Gasteiger partial charge in [-0.1, -0.05) is 0 Å². The lowest BCUT2D eigenvalue weighted by molar-refractivity contribution is -0.138. The molecule has 0 bridgehead atoms. The smallest absolute Gasteiger partial charge is 0.320 e. The van der Waals surface area contributed by atoms with E-state index in [4.69, 9.17) is 20.3 Å². The van der Waals surface area contributed by atoms with E-state index in [2.05, 4.69) is 0 Å². The molecule has 1 unspecified atom stereocenters.